The normalized spacial score (nSPS) is 17.5. The van der Waals surface area contributed by atoms with Crippen LogP contribution in [-0.2, 0) is 4.74 Å². The van der Waals surface area contributed by atoms with Crippen molar-refractivity contribution < 1.29 is 4.74 Å². The molecule has 0 aromatic heterocycles. The Morgan fingerprint density at radius 3 is 2.59 bits per heavy atom. The van der Waals surface area contributed by atoms with E-state index in [0.717, 1.165) is 32.2 Å². The second-order valence-electron chi connectivity index (χ2n) is 5.39. The third-order valence-corrected chi connectivity index (χ3v) is 3.71. The molecule has 102 valence electrons. The molecule has 1 N–H and O–H groups in total. The molecule has 0 bridgehead atoms. The Bertz CT molecular complexity index is 155. The lowest BCUT2D eigenvalue weighted by atomic mass is 9.90. The van der Waals surface area contributed by atoms with Crippen LogP contribution in [0.3, 0.4) is 0 Å². The first kappa shape index (κ1) is 15.0. The maximum Gasteiger partial charge on any atom is 0.0591 e. The van der Waals surface area contributed by atoms with Gasteiger partial charge >= 0.3 is 0 Å². The molecule has 1 aliphatic carbocycles. The minimum Gasteiger partial charge on any atom is -0.380 e. The quantitative estimate of drug-likeness (QED) is 0.588. The highest BCUT2D eigenvalue weighted by Gasteiger charge is 2.12. The highest BCUT2D eigenvalue weighted by molar-refractivity contribution is 4.64. The summed E-state index contributed by atoms with van der Waals surface area (Å²) < 4.78 is 5.74. The predicted octanol–water partition coefficient (Wildman–Crippen LogP) is 3.75. The minimum atomic E-state index is 0.855. The first-order valence-electron chi connectivity index (χ1n) is 7.72. The number of ether oxygens (including phenoxy) is 1. The lowest BCUT2D eigenvalue weighted by molar-refractivity contribution is 0.0870. The topological polar surface area (TPSA) is 21.3 Å². The van der Waals surface area contributed by atoms with E-state index in [4.69, 9.17) is 4.74 Å². The molecule has 0 spiro atoms. The molecule has 2 heteroatoms. The van der Waals surface area contributed by atoms with Gasteiger partial charge in [0.2, 0.25) is 0 Å². The molecule has 0 heterocycles. The number of hydrogen-bond acceptors (Lipinski definition) is 2. The van der Waals surface area contributed by atoms with Crippen LogP contribution < -0.4 is 5.32 Å². The van der Waals surface area contributed by atoms with Crippen LogP contribution in [0.15, 0.2) is 0 Å². The lowest BCUT2D eigenvalue weighted by Gasteiger charge is -2.21. The molecule has 1 saturated carbocycles. The van der Waals surface area contributed by atoms with Crippen molar-refractivity contribution in [2.45, 2.75) is 64.7 Å². The van der Waals surface area contributed by atoms with Crippen molar-refractivity contribution in [2.75, 3.05) is 26.3 Å². The Morgan fingerprint density at radius 2 is 1.82 bits per heavy atom. The van der Waals surface area contributed by atoms with Gasteiger partial charge in [-0.25, -0.2) is 0 Å². The smallest absolute Gasteiger partial charge is 0.0591 e. The number of rotatable bonds is 10. The van der Waals surface area contributed by atoms with Crippen LogP contribution in [0, 0.1) is 5.92 Å². The maximum atomic E-state index is 5.74. The van der Waals surface area contributed by atoms with Gasteiger partial charge in [-0.3, -0.25) is 0 Å². The van der Waals surface area contributed by atoms with Crippen molar-refractivity contribution >= 4 is 0 Å². The van der Waals surface area contributed by atoms with Crippen molar-refractivity contribution in [3.05, 3.63) is 0 Å². The molecule has 0 aromatic rings. The molecule has 0 amide bonds. The van der Waals surface area contributed by atoms with E-state index < -0.39 is 0 Å². The van der Waals surface area contributed by atoms with Gasteiger partial charge in [0.05, 0.1) is 6.61 Å². The van der Waals surface area contributed by atoms with E-state index in [1.165, 1.54) is 57.8 Å². The average Bonchev–Trinajstić information content (AvgIpc) is 2.38. The molecule has 1 aliphatic rings. The summed E-state index contributed by atoms with van der Waals surface area (Å²) in [6, 6.07) is 0. The molecule has 0 unspecified atom stereocenters. The van der Waals surface area contributed by atoms with E-state index in [2.05, 4.69) is 12.2 Å². The van der Waals surface area contributed by atoms with E-state index in [1.54, 1.807) is 0 Å². The van der Waals surface area contributed by atoms with Crippen molar-refractivity contribution in [1.29, 1.82) is 0 Å². The first-order chi connectivity index (χ1) is 8.43. The molecule has 0 aromatic carbocycles. The standard InChI is InChI=1S/C15H31NO/c1-2-3-4-8-11-16-12-13-17-14-15-9-6-5-7-10-15/h15-16H,2-14H2,1H3. The predicted molar refractivity (Wildman–Crippen MR) is 74.4 cm³/mol. The fourth-order valence-electron chi connectivity index (χ4n) is 2.55. The van der Waals surface area contributed by atoms with Gasteiger partial charge in [0.15, 0.2) is 0 Å². The third kappa shape index (κ3) is 8.62. The Labute approximate surface area is 108 Å². The summed E-state index contributed by atoms with van der Waals surface area (Å²) >= 11 is 0. The third-order valence-electron chi connectivity index (χ3n) is 3.71. The van der Waals surface area contributed by atoms with Gasteiger partial charge in [-0.2, -0.15) is 0 Å². The van der Waals surface area contributed by atoms with Crippen molar-refractivity contribution in [1.82, 2.24) is 5.32 Å². The molecular weight excluding hydrogens is 210 g/mol. The molecular formula is C15H31NO. The zero-order chi connectivity index (χ0) is 12.2. The van der Waals surface area contributed by atoms with E-state index >= 15 is 0 Å². The van der Waals surface area contributed by atoms with Crippen molar-refractivity contribution in [3.63, 3.8) is 0 Å². The molecule has 17 heavy (non-hydrogen) atoms. The molecule has 1 fully saturated rings. The summed E-state index contributed by atoms with van der Waals surface area (Å²) in [5.41, 5.74) is 0. The average molecular weight is 241 g/mol. The number of nitrogens with one attached hydrogen (secondary N) is 1. The van der Waals surface area contributed by atoms with Crippen LogP contribution in [0.25, 0.3) is 0 Å². The summed E-state index contributed by atoms with van der Waals surface area (Å²) in [6.45, 7) is 6.33. The minimum absolute atomic E-state index is 0.855. The van der Waals surface area contributed by atoms with Crippen LogP contribution in [-0.4, -0.2) is 26.3 Å². The van der Waals surface area contributed by atoms with Gasteiger partial charge in [-0.05, 0) is 31.7 Å². The van der Waals surface area contributed by atoms with Gasteiger partial charge in [0.1, 0.15) is 0 Å². The van der Waals surface area contributed by atoms with E-state index in [1.807, 2.05) is 0 Å². The van der Waals surface area contributed by atoms with Gasteiger partial charge in [0, 0.05) is 13.2 Å². The van der Waals surface area contributed by atoms with Crippen LogP contribution in [0.2, 0.25) is 0 Å². The Balaban J connectivity index is 1.75. The SMILES string of the molecule is CCCCCCNCCOCC1CCCCC1. The van der Waals surface area contributed by atoms with Crippen LogP contribution in [0.1, 0.15) is 64.7 Å². The van der Waals surface area contributed by atoms with Crippen LogP contribution in [0.5, 0.6) is 0 Å². The molecule has 0 saturated heterocycles. The number of unbranched alkanes of at least 4 members (excludes halogenated alkanes) is 3. The van der Waals surface area contributed by atoms with Crippen LogP contribution in [0.4, 0.5) is 0 Å². The Kier molecular flexibility index (Phi) is 9.72. The Hall–Kier alpha value is -0.0800. The maximum absolute atomic E-state index is 5.74. The molecule has 0 aliphatic heterocycles. The first-order valence-corrected chi connectivity index (χ1v) is 7.72. The zero-order valence-electron chi connectivity index (χ0n) is 11.7. The van der Waals surface area contributed by atoms with E-state index in [9.17, 15) is 0 Å². The van der Waals surface area contributed by atoms with E-state index in [0.29, 0.717) is 0 Å². The van der Waals surface area contributed by atoms with Gasteiger partial charge in [-0.1, -0.05) is 45.4 Å². The van der Waals surface area contributed by atoms with Gasteiger partial charge < -0.3 is 10.1 Å². The zero-order valence-corrected chi connectivity index (χ0v) is 11.7. The summed E-state index contributed by atoms with van der Waals surface area (Å²) in [6.07, 6.45) is 12.4. The molecule has 0 atom stereocenters. The van der Waals surface area contributed by atoms with Crippen LogP contribution >= 0.6 is 0 Å². The van der Waals surface area contributed by atoms with E-state index in [-0.39, 0.29) is 0 Å². The fraction of sp³-hybridized carbons (Fsp3) is 1.00. The molecule has 0 radical (unpaired) electrons. The highest BCUT2D eigenvalue weighted by Crippen LogP contribution is 2.23. The summed E-state index contributed by atoms with van der Waals surface area (Å²) in [5.74, 6) is 0.855. The van der Waals surface area contributed by atoms with Gasteiger partial charge in [0.25, 0.3) is 0 Å². The largest absolute Gasteiger partial charge is 0.380 e. The summed E-state index contributed by atoms with van der Waals surface area (Å²) in [4.78, 5) is 0. The Morgan fingerprint density at radius 1 is 1.00 bits per heavy atom. The highest BCUT2D eigenvalue weighted by atomic mass is 16.5. The van der Waals surface area contributed by atoms with Crippen molar-refractivity contribution in [3.8, 4) is 0 Å². The summed E-state index contributed by atoms with van der Waals surface area (Å²) in [5, 5.41) is 3.46. The summed E-state index contributed by atoms with van der Waals surface area (Å²) in [7, 11) is 0. The fourth-order valence-corrected chi connectivity index (χ4v) is 2.55. The second kappa shape index (κ2) is 11.0. The molecule has 1 rings (SSSR count). The number of hydrogen-bond donors (Lipinski definition) is 1. The lowest BCUT2D eigenvalue weighted by Crippen LogP contribution is -2.22. The van der Waals surface area contributed by atoms with Gasteiger partial charge in [-0.15, -0.1) is 0 Å². The second-order valence-corrected chi connectivity index (χ2v) is 5.39. The van der Waals surface area contributed by atoms with Crippen molar-refractivity contribution in [2.24, 2.45) is 5.92 Å². The monoisotopic (exact) mass is 241 g/mol. The molecule has 2 nitrogen and oxygen atoms in total.